The van der Waals surface area contributed by atoms with Crippen molar-refractivity contribution in [2.45, 2.75) is 0 Å². The lowest BCUT2D eigenvalue weighted by molar-refractivity contribution is 0.584. The Bertz CT molecular complexity index is 1100. The Morgan fingerprint density at radius 2 is 1.88 bits per heavy atom. The van der Waals surface area contributed by atoms with Gasteiger partial charge in [0, 0.05) is 48.2 Å². The summed E-state index contributed by atoms with van der Waals surface area (Å²) in [5.74, 6) is -0.581. The van der Waals surface area contributed by atoms with Gasteiger partial charge in [-0.2, -0.15) is 9.49 Å². The Balaban J connectivity index is 2.07. The molecule has 4 aromatic heterocycles. The molecule has 0 aliphatic rings. The first-order valence-corrected chi connectivity index (χ1v) is 8.04. The van der Waals surface area contributed by atoms with Crippen LogP contribution in [0.3, 0.4) is 0 Å². The number of hydrogen-bond acceptors (Lipinski definition) is 5. The predicted octanol–water partition coefficient (Wildman–Crippen LogP) is 3.26. The second kappa shape index (κ2) is 5.61. The maximum absolute atomic E-state index is 13.5. The number of aryl methyl sites for hydroxylation is 1. The van der Waals surface area contributed by atoms with Crippen LogP contribution in [0.15, 0.2) is 53.0 Å². The molecule has 4 heterocycles. The third-order valence-electron chi connectivity index (χ3n) is 3.76. The Morgan fingerprint density at radius 1 is 1.12 bits per heavy atom. The average Bonchev–Trinajstić information content (AvgIpc) is 3.04. The molecule has 0 radical (unpaired) electrons. The molecule has 0 saturated carbocycles. The highest BCUT2D eigenvalue weighted by Crippen LogP contribution is 2.36. The number of rotatable bonds is 2. The van der Waals surface area contributed by atoms with Crippen molar-refractivity contribution in [2.24, 2.45) is 7.05 Å². The molecule has 0 unspecified atom stereocenters. The van der Waals surface area contributed by atoms with Crippen LogP contribution in [0.2, 0.25) is 0 Å². The molecule has 0 bridgehead atoms. The second-order valence-corrected chi connectivity index (χ2v) is 6.11. The van der Waals surface area contributed by atoms with Crippen molar-refractivity contribution in [1.82, 2.24) is 19.7 Å². The number of pyridine rings is 2. The number of nitrogens with zero attached hydrogens (tertiary/aromatic N) is 4. The van der Waals surface area contributed by atoms with Gasteiger partial charge in [0.05, 0.1) is 10.1 Å². The molecular weight excluding hydrogens is 327 g/mol. The molecule has 0 saturated heterocycles. The zero-order chi connectivity index (χ0) is 16.7. The summed E-state index contributed by atoms with van der Waals surface area (Å²) in [6.07, 6.45) is 4.76. The fourth-order valence-corrected chi connectivity index (χ4v) is 3.70. The van der Waals surface area contributed by atoms with E-state index < -0.39 is 5.95 Å². The van der Waals surface area contributed by atoms with Gasteiger partial charge < -0.3 is 0 Å². The van der Waals surface area contributed by atoms with E-state index in [2.05, 4.69) is 15.1 Å². The largest absolute Gasteiger partial charge is 0.275 e. The Labute approximate surface area is 140 Å². The highest BCUT2D eigenvalue weighted by molar-refractivity contribution is 7.18. The number of thiophene rings is 1. The van der Waals surface area contributed by atoms with Crippen molar-refractivity contribution in [3.05, 3.63) is 64.5 Å². The molecule has 0 fully saturated rings. The Kier molecular flexibility index (Phi) is 3.42. The average molecular weight is 338 g/mol. The number of aromatic nitrogens is 4. The first-order valence-electron chi connectivity index (χ1n) is 7.16. The molecule has 0 aromatic carbocycles. The van der Waals surface area contributed by atoms with Gasteiger partial charge in [0.2, 0.25) is 5.95 Å². The Morgan fingerprint density at radius 3 is 2.62 bits per heavy atom. The van der Waals surface area contributed by atoms with Gasteiger partial charge in [0.25, 0.3) is 5.56 Å². The van der Waals surface area contributed by atoms with Crippen LogP contribution in [0, 0.1) is 5.95 Å². The molecule has 0 amide bonds. The van der Waals surface area contributed by atoms with Crippen LogP contribution in [0.1, 0.15) is 0 Å². The summed E-state index contributed by atoms with van der Waals surface area (Å²) in [6, 6.07) is 6.71. The van der Waals surface area contributed by atoms with Gasteiger partial charge in [-0.05, 0) is 23.8 Å². The zero-order valence-electron chi connectivity index (χ0n) is 12.6. The van der Waals surface area contributed by atoms with Gasteiger partial charge in [-0.15, -0.1) is 11.3 Å². The predicted molar refractivity (Wildman–Crippen MR) is 91.3 cm³/mol. The fraction of sp³-hybridized carbons (Fsp3) is 0.0588. The van der Waals surface area contributed by atoms with Crippen molar-refractivity contribution in [3.63, 3.8) is 0 Å². The summed E-state index contributed by atoms with van der Waals surface area (Å²) >= 11 is 1.42. The topological polar surface area (TPSA) is 60.7 Å². The van der Waals surface area contributed by atoms with E-state index in [1.807, 2.05) is 17.5 Å². The molecule has 0 spiro atoms. The summed E-state index contributed by atoms with van der Waals surface area (Å²) < 4.78 is 15.5. The standard InChI is InChI=1S/C17H11FN4OS/c1-22-17(23)14-12(10-2-5-19-6-3-10)9-24-16(14)15(21-22)11-4-7-20-13(18)8-11/h2-9H,1H3. The minimum absolute atomic E-state index is 0.184. The van der Waals surface area contributed by atoms with Crippen molar-refractivity contribution in [1.29, 1.82) is 0 Å². The summed E-state index contributed by atoms with van der Waals surface area (Å²) in [6.45, 7) is 0. The molecule has 7 heteroatoms. The lowest BCUT2D eigenvalue weighted by atomic mass is 10.1. The van der Waals surface area contributed by atoms with Crippen LogP contribution in [-0.4, -0.2) is 19.7 Å². The normalized spacial score (nSPS) is 11.1. The monoisotopic (exact) mass is 338 g/mol. The molecule has 0 aliphatic heterocycles. The van der Waals surface area contributed by atoms with E-state index in [0.717, 1.165) is 15.8 Å². The highest BCUT2D eigenvalue weighted by Gasteiger charge is 2.17. The molecule has 0 N–H and O–H groups in total. The maximum Gasteiger partial charge on any atom is 0.275 e. The second-order valence-electron chi connectivity index (χ2n) is 5.23. The fourth-order valence-electron chi connectivity index (χ4n) is 2.63. The van der Waals surface area contributed by atoms with Crippen LogP contribution in [0.25, 0.3) is 32.5 Å². The quantitative estimate of drug-likeness (QED) is 0.526. The van der Waals surface area contributed by atoms with Crippen molar-refractivity contribution in [2.75, 3.05) is 0 Å². The van der Waals surface area contributed by atoms with E-state index in [-0.39, 0.29) is 5.56 Å². The van der Waals surface area contributed by atoms with Crippen LogP contribution >= 0.6 is 11.3 Å². The molecule has 0 atom stereocenters. The molecule has 0 aliphatic carbocycles. The lowest BCUT2D eigenvalue weighted by Crippen LogP contribution is -2.20. The van der Waals surface area contributed by atoms with E-state index in [1.165, 1.54) is 28.3 Å². The van der Waals surface area contributed by atoms with Gasteiger partial charge >= 0.3 is 0 Å². The van der Waals surface area contributed by atoms with E-state index in [0.29, 0.717) is 16.6 Å². The smallest absolute Gasteiger partial charge is 0.267 e. The van der Waals surface area contributed by atoms with Crippen molar-refractivity contribution < 1.29 is 4.39 Å². The molecule has 4 aromatic rings. The Hall–Kier alpha value is -2.93. The summed E-state index contributed by atoms with van der Waals surface area (Å²) in [4.78, 5) is 20.2. The maximum atomic E-state index is 13.5. The number of halogens is 1. The van der Waals surface area contributed by atoms with E-state index in [1.54, 1.807) is 25.5 Å². The molecule has 24 heavy (non-hydrogen) atoms. The van der Waals surface area contributed by atoms with E-state index in [4.69, 9.17) is 0 Å². The number of fused-ring (bicyclic) bond motifs is 1. The van der Waals surface area contributed by atoms with Gasteiger partial charge in [0.15, 0.2) is 0 Å². The van der Waals surface area contributed by atoms with Crippen LogP contribution in [0.4, 0.5) is 4.39 Å². The first-order chi connectivity index (χ1) is 11.6. The lowest BCUT2D eigenvalue weighted by Gasteiger charge is -2.06. The molecule has 5 nitrogen and oxygen atoms in total. The van der Waals surface area contributed by atoms with Gasteiger partial charge in [-0.3, -0.25) is 9.78 Å². The molecular formula is C17H11FN4OS. The summed E-state index contributed by atoms with van der Waals surface area (Å²) in [7, 11) is 1.59. The third-order valence-corrected chi connectivity index (χ3v) is 4.74. The van der Waals surface area contributed by atoms with E-state index in [9.17, 15) is 9.18 Å². The van der Waals surface area contributed by atoms with Gasteiger partial charge in [-0.25, -0.2) is 9.67 Å². The van der Waals surface area contributed by atoms with Crippen LogP contribution < -0.4 is 5.56 Å². The minimum Gasteiger partial charge on any atom is -0.267 e. The van der Waals surface area contributed by atoms with Crippen molar-refractivity contribution >= 4 is 21.4 Å². The third kappa shape index (κ3) is 2.30. The molecule has 4 rings (SSSR count). The minimum atomic E-state index is -0.581. The van der Waals surface area contributed by atoms with Crippen LogP contribution in [0.5, 0.6) is 0 Å². The van der Waals surface area contributed by atoms with Crippen molar-refractivity contribution in [3.8, 4) is 22.4 Å². The number of hydrogen-bond donors (Lipinski definition) is 0. The van der Waals surface area contributed by atoms with E-state index >= 15 is 0 Å². The summed E-state index contributed by atoms with van der Waals surface area (Å²) in [5, 5.41) is 6.83. The van der Waals surface area contributed by atoms with Gasteiger partial charge in [0.1, 0.15) is 5.69 Å². The van der Waals surface area contributed by atoms with Crippen LogP contribution in [-0.2, 0) is 7.05 Å². The SMILES string of the molecule is Cn1nc(-c2ccnc(F)c2)c2scc(-c3ccncc3)c2c1=O. The van der Waals surface area contributed by atoms with Gasteiger partial charge in [-0.1, -0.05) is 0 Å². The first kappa shape index (κ1) is 14.6. The zero-order valence-corrected chi connectivity index (χ0v) is 13.4. The summed E-state index contributed by atoms with van der Waals surface area (Å²) in [5.41, 5.74) is 2.71. The highest BCUT2D eigenvalue weighted by atomic mass is 32.1. The molecule has 118 valence electrons.